The van der Waals surface area contributed by atoms with Crippen molar-refractivity contribution in [3.8, 4) is 0 Å². The van der Waals surface area contributed by atoms with E-state index in [4.69, 9.17) is 17.3 Å². The van der Waals surface area contributed by atoms with E-state index in [-0.39, 0.29) is 11.9 Å². The average molecular weight is 242 g/mol. The van der Waals surface area contributed by atoms with Gasteiger partial charge in [-0.15, -0.1) is 0 Å². The van der Waals surface area contributed by atoms with E-state index >= 15 is 0 Å². The van der Waals surface area contributed by atoms with Crippen molar-refractivity contribution in [1.82, 2.24) is 5.32 Å². The molecule has 5 heteroatoms. The van der Waals surface area contributed by atoms with Crippen molar-refractivity contribution in [2.75, 3.05) is 24.7 Å². The van der Waals surface area contributed by atoms with Crippen molar-refractivity contribution in [3.63, 3.8) is 0 Å². The normalized spacial score (nSPS) is 12.0. The standard InChI is InChI=1S/C11H16ClN3O/c1-7(11(16)14-2)15(3)10-6-8(12)4-5-9(10)13/h4-7H,13H2,1-3H3,(H,14,16). The number of hydrogen-bond donors (Lipinski definition) is 2. The Morgan fingerprint density at radius 3 is 2.75 bits per heavy atom. The monoisotopic (exact) mass is 241 g/mol. The number of carbonyl (C=O) groups is 1. The number of carbonyl (C=O) groups excluding carboxylic acids is 1. The molecule has 0 aromatic heterocycles. The maximum Gasteiger partial charge on any atom is 0.242 e. The second-order valence-electron chi connectivity index (χ2n) is 3.60. The number of rotatable bonds is 3. The fraction of sp³-hybridized carbons (Fsp3) is 0.364. The van der Waals surface area contributed by atoms with Crippen molar-refractivity contribution in [2.24, 2.45) is 0 Å². The van der Waals surface area contributed by atoms with Crippen LogP contribution >= 0.6 is 11.6 Å². The van der Waals surface area contributed by atoms with Crippen LogP contribution < -0.4 is 16.0 Å². The summed E-state index contributed by atoms with van der Waals surface area (Å²) in [7, 11) is 3.41. The number of benzene rings is 1. The van der Waals surface area contributed by atoms with Gasteiger partial charge in [-0.05, 0) is 25.1 Å². The number of nitrogen functional groups attached to an aromatic ring is 1. The average Bonchev–Trinajstić information content (AvgIpc) is 2.29. The predicted molar refractivity (Wildman–Crippen MR) is 67.8 cm³/mol. The van der Waals surface area contributed by atoms with E-state index in [0.717, 1.165) is 5.69 Å². The molecule has 88 valence electrons. The number of amides is 1. The third kappa shape index (κ3) is 2.58. The van der Waals surface area contributed by atoms with Crippen LogP contribution in [0.25, 0.3) is 0 Å². The Hall–Kier alpha value is -1.42. The summed E-state index contributed by atoms with van der Waals surface area (Å²) in [6.07, 6.45) is 0. The van der Waals surface area contributed by atoms with Crippen LogP contribution in [-0.2, 0) is 4.79 Å². The lowest BCUT2D eigenvalue weighted by Crippen LogP contribution is -2.42. The van der Waals surface area contributed by atoms with Gasteiger partial charge in [0.2, 0.25) is 5.91 Å². The van der Waals surface area contributed by atoms with Crippen LogP contribution in [0.2, 0.25) is 5.02 Å². The zero-order valence-electron chi connectivity index (χ0n) is 9.62. The molecule has 1 atom stereocenters. The summed E-state index contributed by atoms with van der Waals surface area (Å²) >= 11 is 5.90. The van der Waals surface area contributed by atoms with Gasteiger partial charge in [0.25, 0.3) is 0 Å². The van der Waals surface area contributed by atoms with E-state index in [2.05, 4.69) is 5.32 Å². The highest BCUT2D eigenvalue weighted by molar-refractivity contribution is 6.31. The second kappa shape index (κ2) is 5.07. The summed E-state index contributed by atoms with van der Waals surface area (Å²) in [5, 5.41) is 3.19. The summed E-state index contributed by atoms with van der Waals surface area (Å²) in [6, 6.07) is 4.89. The van der Waals surface area contributed by atoms with Gasteiger partial charge in [0.15, 0.2) is 0 Å². The minimum Gasteiger partial charge on any atom is -0.397 e. The first kappa shape index (κ1) is 12.6. The summed E-state index contributed by atoms with van der Waals surface area (Å²) in [6.45, 7) is 1.80. The lowest BCUT2D eigenvalue weighted by molar-refractivity contribution is -0.121. The first-order chi connectivity index (χ1) is 7.47. The highest BCUT2D eigenvalue weighted by Gasteiger charge is 2.18. The van der Waals surface area contributed by atoms with Gasteiger partial charge < -0.3 is 16.0 Å². The van der Waals surface area contributed by atoms with Crippen molar-refractivity contribution in [1.29, 1.82) is 0 Å². The van der Waals surface area contributed by atoms with Gasteiger partial charge in [-0.2, -0.15) is 0 Å². The highest BCUT2D eigenvalue weighted by Crippen LogP contribution is 2.27. The van der Waals surface area contributed by atoms with Gasteiger partial charge in [0.05, 0.1) is 11.4 Å². The molecular formula is C11H16ClN3O. The molecule has 0 spiro atoms. The topological polar surface area (TPSA) is 58.4 Å². The molecule has 3 N–H and O–H groups in total. The molecule has 0 radical (unpaired) electrons. The van der Waals surface area contributed by atoms with Crippen molar-refractivity contribution in [3.05, 3.63) is 23.2 Å². The molecule has 0 aliphatic carbocycles. The molecule has 1 aromatic carbocycles. The number of hydrogen-bond acceptors (Lipinski definition) is 3. The van der Waals surface area contributed by atoms with Crippen LogP contribution in [0.5, 0.6) is 0 Å². The van der Waals surface area contributed by atoms with E-state index in [0.29, 0.717) is 10.7 Å². The highest BCUT2D eigenvalue weighted by atomic mass is 35.5. The maximum atomic E-state index is 11.5. The fourth-order valence-corrected chi connectivity index (χ4v) is 1.58. The molecule has 0 heterocycles. The molecule has 0 saturated heterocycles. The van der Waals surface area contributed by atoms with E-state index < -0.39 is 0 Å². The summed E-state index contributed by atoms with van der Waals surface area (Å²) in [4.78, 5) is 13.3. The third-order valence-corrected chi connectivity index (χ3v) is 2.81. The summed E-state index contributed by atoms with van der Waals surface area (Å²) in [5.74, 6) is -0.0677. The molecule has 1 unspecified atom stereocenters. The maximum absolute atomic E-state index is 11.5. The van der Waals surface area contributed by atoms with E-state index in [1.807, 2.05) is 7.05 Å². The Balaban J connectivity index is 2.99. The van der Waals surface area contributed by atoms with Gasteiger partial charge in [-0.25, -0.2) is 0 Å². The van der Waals surface area contributed by atoms with E-state index in [1.54, 1.807) is 37.1 Å². The molecule has 0 bridgehead atoms. The predicted octanol–water partition coefficient (Wildman–Crippen LogP) is 1.49. The number of nitrogens with one attached hydrogen (secondary N) is 1. The Morgan fingerprint density at radius 2 is 2.19 bits per heavy atom. The van der Waals surface area contributed by atoms with Crippen molar-refractivity contribution < 1.29 is 4.79 Å². The minimum absolute atomic E-state index is 0.0677. The zero-order valence-corrected chi connectivity index (χ0v) is 10.4. The Labute approximate surface area is 100 Å². The Bertz CT molecular complexity index is 395. The molecule has 1 rings (SSSR count). The minimum atomic E-state index is -0.300. The summed E-state index contributed by atoms with van der Waals surface area (Å²) < 4.78 is 0. The number of nitrogens with zero attached hydrogens (tertiary/aromatic N) is 1. The first-order valence-electron chi connectivity index (χ1n) is 4.96. The molecule has 0 aliphatic heterocycles. The van der Waals surface area contributed by atoms with Crippen LogP contribution in [0.3, 0.4) is 0 Å². The molecule has 16 heavy (non-hydrogen) atoms. The molecule has 1 aromatic rings. The number of halogens is 1. The van der Waals surface area contributed by atoms with Gasteiger partial charge >= 0.3 is 0 Å². The van der Waals surface area contributed by atoms with Gasteiger partial charge in [-0.3, -0.25) is 4.79 Å². The third-order valence-electron chi connectivity index (χ3n) is 2.58. The largest absolute Gasteiger partial charge is 0.397 e. The van der Waals surface area contributed by atoms with Crippen LogP contribution in [0.4, 0.5) is 11.4 Å². The molecule has 1 amide bonds. The quantitative estimate of drug-likeness (QED) is 0.789. The Morgan fingerprint density at radius 1 is 1.56 bits per heavy atom. The molecule has 4 nitrogen and oxygen atoms in total. The SMILES string of the molecule is CNC(=O)C(C)N(C)c1cc(Cl)ccc1N. The van der Waals surface area contributed by atoms with Gasteiger partial charge in [0, 0.05) is 19.1 Å². The van der Waals surface area contributed by atoms with Crippen LogP contribution in [0.1, 0.15) is 6.92 Å². The van der Waals surface area contributed by atoms with Crippen molar-refractivity contribution in [2.45, 2.75) is 13.0 Å². The van der Waals surface area contributed by atoms with Crippen molar-refractivity contribution >= 4 is 28.9 Å². The number of anilines is 2. The number of likely N-dealkylation sites (N-methyl/N-ethyl adjacent to an activating group) is 2. The van der Waals surface area contributed by atoms with Crippen LogP contribution in [-0.4, -0.2) is 26.0 Å². The first-order valence-corrected chi connectivity index (χ1v) is 5.34. The number of nitrogens with two attached hydrogens (primary N) is 1. The molecule has 0 aliphatic rings. The van der Waals surface area contributed by atoms with Crippen LogP contribution in [0.15, 0.2) is 18.2 Å². The fourth-order valence-electron chi connectivity index (χ4n) is 1.42. The smallest absolute Gasteiger partial charge is 0.242 e. The molecule has 0 fully saturated rings. The lowest BCUT2D eigenvalue weighted by Gasteiger charge is -2.26. The molecule has 0 saturated carbocycles. The van der Waals surface area contributed by atoms with E-state index in [1.165, 1.54) is 0 Å². The second-order valence-corrected chi connectivity index (χ2v) is 4.04. The van der Waals surface area contributed by atoms with Gasteiger partial charge in [-0.1, -0.05) is 11.6 Å². The van der Waals surface area contributed by atoms with Gasteiger partial charge in [0.1, 0.15) is 6.04 Å². The summed E-state index contributed by atoms with van der Waals surface area (Å²) in [5.41, 5.74) is 7.19. The lowest BCUT2D eigenvalue weighted by atomic mass is 10.2. The van der Waals surface area contributed by atoms with E-state index in [9.17, 15) is 4.79 Å². The zero-order chi connectivity index (χ0) is 12.3. The Kier molecular flexibility index (Phi) is 4.01. The molecular weight excluding hydrogens is 226 g/mol. The van der Waals surface area contributed by atoms with Crippen LogP contribution in [0, 0.1) is 0 Å².